The average Bonchev–Trinajstić information content (AvgIpc) is 2.05. The Bertz CT molecular complexity index is 336. The van der Waals surface area contributed by atoms with Crippen molar-refractivity contribution in [3.63, 3.8) is 0 Å². The molecule has 0 fully saturated rings. The van der Waals surface area contributed by atoms with E-state index in [1.807, 2.05) is 6.07 Å². The van der Waals surface area contributed by atoms with Crippen LogP contribution in [0.1, 0.15) is 13.8 Å². The number of anilines is 1. The zero-order valence-corrected chi connectivity index (χ0v) is 8.54. The minimum absolute atomic E-state index is 0.174. The Morgan fingerprint density at radius 1 is 1.46 bits per heavy atom. The molecule has 0 aliphatic carbocycles. The van der Waals surface area contributed by atoms with Gasteiger partial charge < -0.3 is 5.32 Å². The molecule has 0 atom stereocenters. The molecule has 1 aliphatic rings. The summed E-state index contributed by atoms with van der Waals surface area (Å²) in [6.45, 7) is 5.24. The van der Waals surface area contributed by atoms with Crippen molar-refractivity contribution in [2.45, 2.75) is 23.5 Å². The number of nitrogens with one attached hydrogen (secondary N) is 1. The number of hydrogen-bond donors (Lipinski definition) is 1. The topological polar surface area (TPSA) is 12.0 Å². The van der Waals surface area contributed by atoms with E-state index in [-0.39, 0.29) is 10.6 Å². The van der Waals surface area contributed by atoms with Crippen LogP contribution in [0.5, 0.6) is 0 Å². The molecule has 1 aromatic carbocycles. The van der Waals surface area contributed by atoms with Crippen molar-refractivity contribution in [3.8, 4) is 0 Å². The van der Waals surface area contributed by atoms with E-state index in [1.165, 1.54) is 6.07 Å². The second-order valence-corrected chi connectivity index (χ2v) is 5.60. The molecule has 0 bridgehead atoms. The Hall–Kier alpha value is -0.700. The van der Waals surface area contributed by atoms with Crippen molar-refractivity contribution in [1.82, 2.24) is 0 Å². The van der Waals surface area contributed by atoms with Gasteiger partial charge in [0.2, 0.25) is 0 Å². The predicted octanol–water partition coefficient (Wildman–Crippen LogP) is 3.12. The Labute approximate surface area is 81.7 Å². The first-order valence-electron chi connectivity index (χ1n) is 4.29. The summed E-state index contributed by atoms with van der Waals surface area (Å²) >= 11 is 1.79. The third-order valence-corrected chi connectivity index (χ3v) is 3.31. The summed E-state index contributed by atoms with van der Waals surface area (Å²) in [6.07, 6.45) is 0. The first-order chi connectivity index (χ1) is 6.07. The van der Waals surface area contributed by atoms with Gasteiger partial charge in [0.05, 0.1) is 5.69 Å². The van der Waals surface area contributed by atoms with E-state index in [2.05, 4.69) is 19.2 Å². The Morgan fingerprint density at radius 2 is 2.23 bits per heavy atom. The summed E-state index contributed by atoms with van der Waals surface area (Å²) in [5.74, 6) is -0.174. The van der Waals surface area contributed by atoms with Gasteiger partial charge in [0.1, 0.15) is 5.82 Å². The van der Waals surface area contributed by atoms with Crippen molar-refractivity contribution in [2.75, 3.05) is 11.9 Å². The van der Waals surface area contributed by atoms with Crippen LogP contribution in [0.2, 0.25) is 0 Å². The molecule has 0 radical (unpaired) electrons. The highest BCUT2D eigenvalue weighted by molar-refractivity contribution is 8.00. The van der Waals surface area contributed by atoms with Crippen LogP contribution in [0.4, 0.5) is 10.1 Å². The molecule has 0 unspecified atom stereocenters. The van der Waals surface area contributed by atoms with Crippen molar-refractivity contribution in [1.29, 1.82) is 0 Å². The van der Waals surface area contributed by atoms with Crippen LogP contribution in [-0.4, -0.2) is 11.3 Å². The van der Waals surface area contributed by atoms with Crippen LogP contribution in [0.25, 0.3) is 0 Å². The van der Waals surface area contributed by atoms with Crippen molar-refractivity contribution >= 4 is 17.4 Å². The second kappa shape index (κ2) is 2.91. The molecule has 0 aromatic heterocycles. The molecule has 0 amide bonds. The molecule has 1 nitrogen and oxygen atoms in total. The van der Waals surface area contributed by atoms with E-state index < -0.39 is 0 Å². The van der Waals surface area contributed by atoms with Gasteiger partial charge in [-0.15, -0.1) is 11.8 Å². The number of halogens is 1. The van der Waals surface area contributed by atoms with Gasteiger partial charge in [0.15, 0.2) is 0 Å². The van der Waals surface area contributed by atoms with E-state index in [0.29, 0.717) is 0 Å². The molecular formula is C10H12FNS. The summed E-state index contributed by atoms with van der Waals surface area (Å²) < 4.78 is 13.0. The summed E-state index contributed by atoms with van der Waals surface area (Å²) in [5.41, 5.74) is 0.921. The smallest absolute Gasteiger partial charge is 0.125 e. The number of benzene rings is 1. The predicted molar refractivity (Wildman–Crippen MR) is 54.8 cm³/mol. The van der Waals surface area contributed by atoms with Gasteiger partial charge in [0, 0.05) is 16.2 Å². The minimum Gasteiger partial charge on any atom is -0.383 e. The fourth-order valence-corrected chi connectivity index (χ4v) is 2.49. The number of rotatable bonds is 0. The lowest BCUT2D eigenvalue weighted by Crippen LogP contribution is -2.29. The maximum atomic E-state index is 12.8. The zero-order chi connectivity index (χ0) is 9.47. The standard InChI is InChI=1S/C10H12FNS/c1-10(2)6-12-8-5-7(11)3-4-9(8)13-10/h3-5,12H,6H2,1-2H3. The molecule has 1 aromatic rings. The number of fused-ring (bicyclic) bond motifs is 1. The third kappa shape index (κ3) is 1.80. The molecule has 1 aliphatic heterocycles. The lowest BCUT2D eigenvalue weighted by atomic mass is 10.2. The van der Waals surface area contributed by atoms with Crippen LogP contribution in [0, 0.1) is 5.82 Å². The SMILES string of the molecule is CC1(C)CNc2cc(F)ccc2S1. The second-order valence-electron chi connectivity index (χ2n) is 3.86. The van der Waals surface area contributed by atoms with Crippen LogP contribution in [0.3, 0.4) is 0 Å². The van der Waals surface area contributed by atoms with Gasteiger partial charge in [-0.25, -0.2) is 4.39 Å². The van der Waals surface area contributed by atoms with Crippen molar-refractivity contribution in [2.24, 2.45) is 0 Å². The van der Waals surface area contributed by atoms with E-state index in [0.717, 1.165) is 17.1 Å². The molecule has 70 valence electrons. The van der Waals surface area contributed by atoms with Crippen LogP contribution in [0.15, 0.2) is 23.1 Å². The first kappa shape index (κ1) is 8.88. The molecule has 1 N–H and O–H groups in total. The van der Waals surface area contributed by atoms with Gasteiger partial charge in [-0.1, -0.05) is 0 Å². The largest absolute Gasteiger partial charge is 0.383 e. The molecule has 1 heterocycles. The Morgan fingerprint density at radius 3 is 3.00 bits per heavy atom. The van der Waals surface area contributed by atoms with Crippen molar-refractivity contribution in [3.05, 3.63) is 24.0 Å². The van der Waals surface area contributed by atoms with E-state index in [4.69, 9.17) is 0 Å². The van der Waals surface area contributed by atoms with Gasteiger partial charge in [-0.2, -0.15) is 0 Å². The maximum absolute atomic E-state index is 12.8. The molecule has 0 saturated carbocycles. The molecule has 0 spiro atoms. The lowest BCUT2D eigenvalue weighted by Gasteiger charge is -2.31. The van der Waals surface area contributed by atoms with Gasteiger partial charge in [0.25, 0.3) is 0 Å². The molecule has 3 heteroatoms. The Balaban J connectivity index is 2.37. The van der Waals surface area contributed by atoms with Crippen LogP contribution >= 0.6 is 11.8 Å². The molecule has 0 saturated heterocycles. The lowest BCUT2D eigenvalue weighted by molar-refractivity contribution is 0.625. The summed E-state index contributed by atoms with van der Waals surface area (Å²) in [7, 11) is 0. The number of hydrogen-bond acceptors (Lipinski definition) is 2. The first-order valence-corrected chi connectivity index (χ1v) is 5.11. The molecule has 13 heavy (non-hydrogen) atoms. The summed E-state index contributed by atoms with van der Waals surface area (Å²) in [6, 6.07) is 4.90. The van der Waals surface area contributed by atoms with E-state index in [1.54, 1.807) is 17.8 Å². The normalized spacial score (nSPS) is 19.0. The third-order valence-electron chi connectivity index (χ3n) is 2.03. The maximum Gasteiger partial charge on any atom is 0.125 e. The van der Waals surface area contributed by atoms with Crippen LogP contribution in [-0.2, 0) is 0 Å². The van der Waals surface area contributed by atoms with E-state index in [9.17, 15) is 4.39 Å². The summed E-state index contributed by atoms with van der Waals surface area (Å²) in [5, 5.41) is 3.23. The zero-order valence-electron chi connectivity index (χ0n) is 7.73. The Kier molecular flexibility index (Phi) is 1.99. The van der Waals surface area contributed by atoms with Gasteiger partial charge in [-0.05, 0) is 32.0 Å². The monoisotopic (exact) mass is 197 g/mol. The molecular weight excluding hydrogens is 185 g/mol. The van der Waals surface area contributed by atoms with Gasteiger partial charge >= 0.3 is 0 Å². The fourth-order valence-electron chi connectivity index (χ4n) is 1.37. The minimum atomic E-state index is -0.174. The highest BCUT2D eigenvalue weighted by Crippen LogP contribution is 2.41. The highest BCUT2D eigenvalue weighted by atomic mass is 32.2. The summed E-state index contributed by atoms with van der Waals surface area (Å²) in [4.78, 5) is 1.14. The van der Waals surface area contributed by atoms with Gasteiger partial charge in [-0.3, -0.25) is 0 Å². The fraction of sp³-hybridized carbons (Fsp3) is 0.400. The van der Waals surface area contributed by atoms with Crippen molar-refractivity contribution < 1.29 is 4.39 Å². The van der Waals surface area contributed by atoms with E-state index >= 15 is 0 Å². The quantitative estimate of drug-likeness (QED) is 0.685. The average molecular weight is 197 g/mol. The number of thioether (sulfide) groups is 1. The van der Waals surface area contributed by atoms with Crippen LogP contribution < -0.4 is 5.32 Å². The molecule has 2 rings (SSSR count). The highest BCUT2D eigenvalue weighted by Gasteiger charge is 2.25.